The van der Waals surface area contributed by atoms with Crippen LogP contribution in [0.1, 0.15) is 34.3 Å². The quantitative estimate of drug-likeness (QED) is 0.848. The molecule has 1 atom stereocenters. The van der Waals surface area contributed by atoms with E-state index in [-0.39, 0.29) is 12.5 Å². The van der Waals surface area contributed by atoms with Crippen molar-refractivity contribution in [2.24, 2.45) is 11.7 Å². The van der Waals surface area contributed by atoms with Crippen LogP contribution >= 0.6 is 0 Å². The summed E-state index contributed by atoms with van der Waals surface area (Å²) in [5, 5.41) is 2.25. The van der Waals surface area contributed by atoms with Gasteiger partial charge in [0, 0.05) is 18.7 Å². The third-order valence-electron chi connectivity index (χ3n) is 4.37. The highest BCUT2D eigenvalue weighted by atomic mass is 19.3. The van der Waals surface area contributed by atoms with Crippen molar-refractivity contribution in [3.63, 3.8) is 0 Å². The predicted octanol–water partition coefficient (Wildman–Crippen LogP) is 1.87. The van der Waals surface area contributed by atoms with Crippen molar-refractivity contribution in [1.82, 2.24) is 10.2 Å². The first kappa shape index (κ1) is 19.3. The Labute approximate surface area is 146 Å². The molecule has 3 N–H and O–H groups in total. The van der Waals surface area contributed by atoms with Gasteiger partial charge >= 0.3 is 0 Å². The van der Waals surface area contributed by atoms with Crippen molar-refractivity contribution in [1.29, 1.82) is 0 Å². The van der Waals surface area contributed by atoms with E-state index in [1.54, 1.807) is 4.90 Å². The standard InChI is InChI=1S/C18H25F2N3O2/c1-12-6-13(2)8-15(7-12)17(25)23-5-3-4-14(9-23)16(24)22-11-18(19,20)10-21/h6-8,14H,3-5,9-11,21H2,1-2H3,(H,22,24). The van der Waals surface area contributed by atoms with E-state index in [9.17, 15) is 18.4 Å². The molecule has 0 saturated carbocycles. The molecule has 1 heterocycles. The maximum atomic E-state index is 13.2. The van der Waals surface area contributed by atoms with E-state index in [1.165, 1.54) is 0 Å². The van der Waals surface area contributed by atoms with E-state index in [1.807, 2.05) is 32.0 Å². The Morgan fingerprint density at radius 3 is 2.52 bits per heavy atom. The van der Waals surface area contributed by atoms with E-state index in [0.717, 1.165) is 11.1 Å². The van der Waals surface area contributed by atoms with Crippen LogP contribution in [0, 0.1) is 19.8 Å². The van der Waals surface area contributed by atoms with Gasteiger partial charge in [-0.15, -0.1) is 0 Å². The van der Waals surface area contributed by atoms with Gasteiger partial charge in [0.05, 0.1) is 19.0 Å². The fourth-order valence-electron chi connectivity index (χ4n) is 3.09. The molecule has 0 aliphatic carbocycles. The lowest BCUT2D eigenvalue weighted by Gasteiger charge is -2.32. The molecule has 0 aromatic heterocycles. The fourth-order valence-corrected chi connectivity index (χ4v) is 3.09. The van der Waals surface area contributed by atoms with Crippen molar-refractivity contribution in [3.05, 3.63) is 34.9 Å². The number of amides is 2. The van der Waals surface area contributed by atoms with Crippen LogP contribution in [0.4, 0.5) is 8.78 Å². The molecule has 5 nitrogen and oxygen atoms in total. The molecular formula is C18H25F2N3O2. The van der Waals surface area contributed by atoms with Crippen molar-refractivity contribution in [3.8, 4) is 0 Å². The van der Waals surface area contributed by atoms with Gasteiger partial charge in [-0.3, -0.25) is 9.59 Å². The summed E-state index contributed by atoms with van der Waals surface area (Å²) in [4.78, 5) is 26.5. The number of nitrogens with one attached hydrogen (secondary N) is 1. The molecule has 1 fully saturated rings. The fraction of sp³-hybridized carbons (Fsp3) is 0.556. The molecule has 7 heteroatoms. The van der Waals surface area contributed by atoms with Gasteiger partial charge in [-0.05, 0) is 38.8 Å². The highest BCUT2D eigenvalue weighted by Crippen LogP contribution is 2.20. The molecule has 1 aliphatic heterocycles. The van der Waals surface area contributed by atoms with E-state index in [2.05, 4.69) is 5.32 Å². The predicted molar refractivity (Wildman–Crippen MR) is 91.6 cm³/mol. The molecule has 25 heavy (non-hydrogen) atoms. The van der Waals surface area contributed by atoms with Gasteiger partial charge in [0.25, 0.3) is 11.8 Å². The largest absolute Gasteiger partial charge is 0.350 e. The number of alkyl halides is 2. The number of nitrogens with zero attached hydrogens (tertiary/aromatic N) is 1. The first-order chi connectivity index (χ1) is 11.7. The first-order valence-electron chi connectivity index (χ1n) is 8.45. The Balaban J connectivity index is 2.00. The van der Waals surface area contributed by atoms with Gasteiger partial charge in [-0.1, -0.05) is 17.2 Å². The molecule has 1 saturated heterocycles. The average molecular weight is 353 g/mol. The van der Waals surface area contributed by atoms with E-state index >= 15 is 0 Å². The molecule has 0 radical (unpaired) electrons. The highest BCUT2D eigenvalue weighted by Gasteiger charge is 2.32. The minimum Gasteiger partial charge on any atom is -0.350 e. The van der Waals surface area contributed by atoms with Crippen molar-refractivity contribution in [2.45, 2.75) is 32.6 Å². The number of hydrogen-bond donors (Lipinski definition) is 2. The molecule has 2 amide bonds. The van der Waals surface area contributed by atoms with Crippen LogP contribution in [0.15, 0.2) is 18.2 Å². The van der Waals surface area contributed by atoms with Gasteiger partial charge in [-0.2, -0.15) is 0 Å². The van der Waals surface area contributed by atoms with E-state index < -0.39 is 30.8 Å². The molecule has 0 spiro atoms. The van der Waals surface area contributed by atoms with Gasteiger partial charge in [0.2, 0.25) is 5.91 Å². The topological polar surface area (TPSA) is 75.4 Å². The summed E-state index contributed by atoms with van der Waals surface area (Å²) in [5.74, 6) is -4.17. The zero-order valence-corrected chi connectivity index (χ0v) is 14.6. The van der Waals surface area contributed by atoms with Crippen molar-refractivity contribution >= 4 is 11.8 Å². The van der Waals surface area contributed by atoms with Crippen molar-refractivity contribution in [2.75, 3.05) is 26.2 Å². The molecule has 1 aromatic rings. The van der Waals surface area contributed by atoms with Crippen LogP contribution in [0.5, 0.6) is 0 Å². The highest BCUT2D eigenvalue weighted by molar-refractivity contribution is 5.95. The number of hydrogen-bond acceptors (Lipinski definition) is 3. The smallest absolute Gasteiger partial charge is 0.277 e. The number of piperidine rings is 1. The lowest BCUT2D eigenvalue weighted by atomic mass is 9.96. The molecule has 1 unspecified atom stereocenters. The molecule has 1 aliphatic rings. The maximum absolute atomic E-state index is 13.2. The lowest BCUT2D eigenvalue weighted by Crippen LogP contribution is -2.48. The summed E-state index contributed by atoms with van der Waals surface area (Å²) in [7, 11) is 0. The lowest BCUT2D eigenvalue weighted by molar-refractivity contribution is -0.128. The van der Waals surface area contributed by atoms with Crippen LogP contribution in [-0.2, 0) is 4.79 Å². The minimum absolute atomic E-state index is 0.128. The number of carbonyl (C=O) groups excluding carboxylic acids is 2. The second-order valence-corrected chi connectivity index (χ2v) is 6.74. The first-order valence-corrected chi connectivity index (χ1v) is 8.45. The zero-order valence-electron chi connectivity index (χ0n) is 14.6. The third-order valence-corrected chi connectivity index (χ3v) is 4.37. The van der Waals surface area contributed by atoms with Crippen LogP contribution < -0.4 is 11.1 Å². The Kier molecular flexibility index (Phi) is 6.11. The Morgan fingerprint density at radius 1 is 1.28 bits per heavy atom. The number of carbonyl (C=O) groups is 2. The minimum atomic E-state index is -3.11. The van der Waals surface area contributed by atoms with Gasteiger partial charge < -0.3 is 16.0 Å². The maximum Gasteiger partial charge on any atom is 0.277 e. The number of halogens is 2. The molecular weight excluding hydrogens is 328 g/mol. The Morgan fingerprint density at radius 2 is 1.92 bits per heavy atom. The number of benzene rings is 1. The van der Waals surface area contributed by atoms with E-state index in [0.29, 0.717) is 24.9 Å². The van der Waals surface area contributed by atoms with Gasteiger partial charge in [0.1, 0.15) is 0 Å². The van der Waals surface area contributed by atoms with E-state index in [4.69, 9.17) is 5.73 Å². The van der Waals surface area contributed by atoms with Crippen LogP contribution in [-0.4, -0.2) is 48.8 Å². The SMILES string of the molecule is Cc1cc(C)cc(C(=O)N2CCCC(C(=O)NCC(F)(F)CN)C2)c1. The summed E-state index contributed by atoms with van der Waals surface area (Å²) >= 11 is 0. The molecule has 2 rings (SSSR count). The van der Waals surface area contributed by atoms with Crippen LogP contribution in [0.3, 0.4) is 0 Å². The summed E-state index contributed by atoms with van der Waals surface area (Å²) in [6.07, 6.45) is 1.25. The summed E-state index contributed by atoms with van der Waals surface area (Å²) < 4.78 is 26.4. The second-order valence-electron chi connectivity index (χ2n) is 6.74. The summed E-state index contributed by atoms with van der Waals surface area (Å²) in [5.41, 5.74) is 7.56. The number of likely N-dealkylation sites (tertiary alicyclic amines) is 1. The summed E-state index contributed by atoms with van der Waals surface area (Å²) in [6, 6.07) is 5.63. The normalized spacial score (nSPS) is 18.1. The molecule has 138 valence electrons. The van der Waals surface area contributed by atoms with Crippen LogP contribution in [0.2, 0.25) is 0 Å². The molecule has 0 bridgehead atoms. The zero-order chi connectivity index (χ0) is 18.6. The Bertz CT molecular complexity index is 629. The Hall–Kier alpha value is -2.02. The molecule has 1 aromatic carbocycles. The van der Waals surface area contributed by atoms with Crippen LogP contribution in [0.25, 0.3) is 0 Å². The van der Waals surface area contributed by atoms with Gasteiger partial charge in [-0.25, -0.2) is 8.78 Å². The van der Waals surface area contributed by atoms with Gasteiger partial charge in [0.15, 0.2) is 0 Å². The monoisotopic (exact) mass is 353 g/mol. The number of rotatable bonds is 5. The third kappa shape index (κ3) is 5.22. The number of aryl methyl sites for hydroxylation is 2. The summed E-state index contributed by atoms with van der Waals surface area (Å²) in [6.45, 7) is 3.07. The number of nitrogens with two attached hydrogens (primary N) is 1. The second kappa shape index (κ2) is 7.91. The van der Waals surface area contributed by atoms with Crippen molar-refractivity contribution < 1.29 is 18.4 Å². The average Bonchev–Trinajstić information content (AvgIpc) is 2.58.